The summed E-state index contributed by atoms with van der Waals surface area (Å²) < 4.78 is 55.7. The molecule has 0 bridgehead atoms. The second-order valence-corrected chi connectivity index (χ2v) is 7.00. The second kappa shape index (κ2) is 8.51. The van der Waals surface area contributed by atoms with Gasteiger partial charge in [0.2, 0.25) is 0 Å². The average Bonchev–Trinajstić information content (AvgIpc) is 2.54. The average molecular weight is 486 g/mol. The van der Waals surface area contributed by atoms with Crippen LogP contribution in [0.25, 0.3) is 0 Å². The van der Waals surface area contributed by atoms with Crippen molar-refractivity contribution in [1.29, 1.82) is 0 Å². The Hall–Kier alpha value is -1.12. The van der Waals surface area contributed by atoms with Crippen LogP contribution in [0.3, 0.4) is 0 Å². The van der Waals surface area contributed by atoms with Gasteiger partial charge in [-0.25, -0.2) is 0 Å². The highest BCUT2D eigenvalue weighted by atomic mass is 79.9. The van der Waals surface area contributed by atoms with E-state index in [1.165, 1.54) is 12.1 Å². The third kappa shape index (κ3) is 5.43. The number of alkyl halides is 4. The Morgan fingerprint density at radius 1 is 1.00 bits per heavy atom. The van der Waals surface area contributed by atoms with Crippen LogP contribution in [-0.2, 0) is 6.42 Å². The Morgan fingerprint density at radius 3 is 2.08 bits per heavy atom. The van der Waals surface area contributed by atoms with E-state index in [9.17, 15) is 22.7 Å². The van der Waals surface area contributed by atoms with Gasteiger partial charge in [-0.1, -0.05) is 50.1 Å². The van der Waals surface area contributed by atoms with Gasteiger partial charge in [-0.15, -0.1) is 0 Å². The molecule has 2 aromatic carbocycles. The zero-order chi connectivity index (χ0) is 18.6. The quantitative estimate of drug-likeness (QED) is 0.479. The molecule has 25 heavy (non-hydrogen) atoms. The fourth-order valence-corrected chi connectivity index (χ4v) is 3.57. The molecule has 0 fully saturated rings. The molecule has 1 atom stereocenters. The molecule has 2 rings (SSSR count). The van der Waals surface area contributed by atoms with E-state index >= 15 is 0 Å². The molecule has 0 amide bonds. The Bertz CT molecular complexity index is 688. The lowest BCUT2D eigenvalue weighted by Gasteiger charge is -2.17. The van der Waals surface area contributed by atoms with Crippen molar-refractivity contribution in [3.05, 3.63) is 62.5 Å². The number of benzene rings is 2. The molecule has 136 valence electrons. The maximum absolute atomic E-state index is 12.8. The monoisotopic (exact) mass is 484 g/mol. The molecular formula is C17H14Br2F4O2. The van der Waals surface area contributed by atoms with E-state index in [1.54, 1.807) is 0 Å². The molecule has 2 nitrogen and oxygen atoms in total. The van der Waals surface area contributed by atoms with Crippen molar-refractivity contribution in [2.24, 2.45) is 0 Å². The number of rotatable bonds is 7. The summed E-state index contributed by atoms with van der Waals surface area (Å²) in [5.41, 5.74) is 1.48. The van der Waals surface area contributed by atoms with Gasteiger partial charge in [0.1, 0.15) is 5.75 Å². The predicted octanol–water partition coefficient (Wildman–Crippen LogP) is 6.11. The molecular weight excluding hydrogens is 472 g/mol. The maximum Gasteiger partial charge on any atom is 0.461 e. The fraction of sp³-hybridized carbons (Fsp3) is 0.294. The first-order valence-electron chi connectivity index (χ1n) is 7.26. The zero-order valence-corrected chi connectivity index (χ0v) is 15.9. The van der Waals surface area contributed by atoms with Crippen molar-refractivity contribution in [2.45, 2.75) is 31.5 Å². The van der Waals surface area contributed by atoms with E-state index in [2.05, 4.69) is 36.6 Å². The number of halogens is 6. The van der Waals surface area contributed by atoms with Crippen LogP contribution >= 0.6 is 31.9 Å². The van der Waals surface area contributed by atoms with Gasteiger partial charge < -0.3 is 9.84 Å². The SMILES string of the molecule is OC(CCc1c(Br)cccc1Br)c1ccc(OC(F)(F)C(F)F)cc1. The van der Waals surface area contributed by atoms with E-state index in [-0.39, 0.29) is 0 Å². The second-order valence-electron chi connectivity index (χ2n) is 5.29. The van der Waals surface area contributed by atoms with E-state index in [0.717, 1.165) is 26.6 Å². The van der Waals surface area contributed by atoms with Crippen molar-refractivity contribution < 1.29 is 27.4 Å². The molecule has 0 aromatic heterocycles. The number of ether oxygens (including phenoxy) is 1. The lowest BCUT2D eigenvalue weighted by Crippen LogP contribution is -2.33. The molecule has 0 spiro atoms. The van der Waals surface area contributed by atoms with Gasteiger partial charge in [-0.05, 0) is 48.2 Å². The van der Waals surface area contributed by atoms with Gasteiger partial charge in [0, 0.05) is 8.95 Å². The van der Waals surface area contributed by atoms with Crippen LogP contribution in [0.5, 0.6) is 5.75 Å². The Labute approximate surface area is 159 Å². The summed E-state index contributed by atoms with van der Waals surface area (Å²) in [6.45, 7) is 0. The summed E-state index contributed by atoms with van der Waals surface area (Å²) in [5.74, 6) is -0.394. The standard InChI is InChI=1S/C17H14Br2F4O2/c18-13-2-1-3-14(19)12(13)8-9-15(24)10-4-6-11(7-5-10)25-17(22,23)16(20)21/h1-7,15-16,24H,8-9H2. The third-order valence-corrected chi connectivity index (χ3v) is 4.99. The Morgan fingerprint density at radius 2 is 1.56 bits per heavy atom. The smallest absolute Gasteiger partial charge is 0.428 e. The number of hydrogen-bond acceptors (Lipinski definition) is 2. The molecule has 8 heteroatoms. The summed E-state index contributed by atoms with van der Waals surface area (Å²) in [6.07, 6.45) is -8.32. The minimum Gasteiger partial charge on any atom is -0.428 e. The van der Waals surface area contributed by atoms with E-state index < -0.39 is 24.4 Å². The number of hydrogen-bond donors (Lipinski definition) is 1. The van der Waals surface area contributed by atoms with Gasteiger partial charge in [-0.3, -0.25) is 0 Å². The van der Waals surface area contributed by atoms with E-state index in [0.29, 0.717) is 18.4 Å². The highest BCUT2D eigenvalue weighted by molar-refractivity contribution is 9.11. The first-order valence-corrected chi connectivity index (χ1v) is 8.85. The van der Waals surface area contributed by atoms with E-state index in [1.807, 2.05) is 18.2 Å². The molecule has 0 heterocycles. The van der Waals surface area contributed by atoms with Gasteiger partial charge in [-0.2, -0.15) is 17.6 Å². The van der Waals surface area contributed by atoms with Crippen LogP contribution in [0.2, 0.25) is 0 Å². The van der Waals surface area contributed by atoms with Crippen molar-refractivity contribution in [2.75, 3.05) is 0 Å². The third-order valence-electron chi connectivity index (χ3n) is 3.50. The first kappa shape index (κ1) is 20.2. The molecule has 0 aliphatic rings. The lowest BCUT2D eigenvalue weighted by atomic mass is 10.0. The predicted molar refractivity (Wildman–Crippen MR) is 93.1 cm³/mol. The normalized spacial score (nSPS) is 13.1. The Balaban J connectivity index is 2.00. The van der Waals surface area contributed by atoms with Crippen molar-refractivity contribution in [1.82, 2.24) is 0 Å². The van der Waals surface area contributed by atoms with Gasteiger partial charge >= 0.3 is 12.5 Å². The number of aliphatic hydroxyl groups is 1. The van der Waals surface area contributed by atoms with Gasteiger partial charge in [0.25, 0.3) is 0 Å². The minimum atomic E-state index is -4.55. The van der Waals surface area contributed by atoms with Crippen molar-refractivity contribution in [3.63, 3.8) is 0 Å². The van der Waals surface area contributed by atoms with Crippen LogP contribution in [0.15, 0.2) is 51.4 Å². The molecule has 0 saturated heterocycles. The highest BCUT2D eigenvalue weighted by Gasteiger charge is 2.43. The topological polar surface area (TPSA) is 29.5 Å². The first-order chi connectivity index (χ1) is 11.7. The van der Waals surface area contributed by atoms with Gasteiger partial charge in [0.05, 0.1) is 6.10 Å². The molecule has 2 aromatic rings. The van der Waals surface area contributed by atoms with E-state index in [4.69, 9.17) is 0 Å². The van der Waals surface area contributed by atoms with Crippen LogP contribution in [0.1, 0.15) is 23.7 Å². The fourth-order valence-electron chi connectivity index (χ4n) is 2.18. The van der Waals surface area contributed by atoms with Crippen LogP contribution < -0.4 is 4.74 Å². The Kier molecular flexibility index (Phi) is 6.87. The summed E-state index contributed by atoms with van der Waals surface area (Å²) in [4.78, 5) is 0. The largest absolute Gasteiger partial charge is 0.461 e. The maximum atomic E-state index is 12.8. The molecule has 1 unspecified atom stereocenters. The molecule has 0 aliphatic carbocycles. The molecule has 0 aliphatic heterocycles. The molecule has 0 saturated carbocycles. The van der Waals surface area contributed by atoms with Crippen LogP contribution in [0.4, 0.5) is 17.6 Å². The summed E-state index contributed by atoms with van der Waals surface area (Å²) in [7, 11) is 0. The minimum absolute atomic E-state index is 0.394. The van der Waals surface area contributed by atoms with Crippen LogP contribution in [0, 0.1) is 0 Å². The zero-order valence-electron chi connectivity index (χ0n) is 12.7. The number of aliphatic hydroxyl groups excluding tert-OH is 1. The summed E-state index contributed by atoms with van der Waals surface area (Å²) in [6, 6.07) is 10.7. The highest BCUT2D eigenvalue weighted by Crippen LogP contribution is 2.31. The summed E-state index contributed by atoms with van der Waals surface area (Å²) in [5, 5.41) is 10.2. The van der Waals surface area contributed by atoms with Crippen molar-refractivity contribution >= 4 is 31.9 Å². The van der Waals surface area contributed by atoms with Crippen molar-refractivity contribution in [3.8, 4) is 5.75 Å². The molecule has 0 radical (unpaired) electrons. The summed E-state index contributed by atoms with van der Waals surface area (Å²) >= 11 is 6.88. The van der Waals surface area contributed by atoms with Crippen LogP contribution in [-0.4, -0.2) is 17.6 Å². The van der Waals surface area contributed by atoms with Gasteiger partial charge in [0.15, 0.2) is 0 Å². The lowest BCUT2D eigenvalue weighted by molar-refractivity contribution is -0.253. The molecule has 1 N–H and O–H groups in total.